The van der Waals surface area contributed by atoms with Gasteiger partial charge in [0.05, 0.1) is 34.5 Å². The first-order chi connectivity index (χ1) is 15.9. The van der Waals surface area contributed by atoms with E-state index in [1.165, 1.54) is 0 Å². The van der Waals surface area contributed by atoms with Crippen molar-refractivity contribution in [3.8, 4) is 5.75 Å². The van der Waals surface area contributed by atoms with Crippen LogP contribution in [0.4, 0.5) is 5.82 Å². The molecular weight excluding hydrogens is 456 g/mol. The molecule has 4 rings (SSSR count). The van der Waals surface area contributed by atoms with E-state index in [4.69, 9.17) is 9.26 Å². The van der Waals surface area contributed by atoms with Gasteiger partial charge in [-0.05, 0) is 38.5 Å². The Morgan fingerprint density at radius 3 is 2.65 bits per heavy atom. The van der Waals surface area contributed by atoms with Gasteiger partial charge in [0.2, 0.25) is 0 Å². The first kappa shape index (κ1) is 24.0. The SMILES string of the molecule is Cc1noc(C)c1COc1cccc(C(=O)Nc2cc(C(C)(C)C)nn2[C@H]2CCS(=O)(=O)C2)c1. The summed E-state index contributed by atoms with van der Waals surface area (Å²) in [5, 5.41) is 11.5. The maximum atomic E-state index is 13.1. The molecule has 1 atom stereocenters. The molecule has 3 aromatic rings. The minimum absolute atomic E-state index is 0.0200. The molecule has 0 bridgehead atoms. The number of carbonyl (C=O) groups excluding carboxylic acids is 1. The number of aromatic nitrogens is 3. The molecule has 182 valence electrons. The van der Waals surface area contributed by atoms with Crippen LogP contribution in [0.5, 0.6) is 5.75 Å². The average molecular weight is 487 g/mol. The van der Waals surface area contributed by atoms with Gasteiger partial charge in [0.25, 0.3) is 5.91 Å². The second-order valence-corrected chi connectivity index (χ2v) is 12.0. The van der Waals surface area contributed by atoms with E-state index < -0.39 is 9.84 Å². The van der Waals surface area contributed by atoms with E-state index in [-0.39, 0.29) is 35.5 Å². The number of ether oxygens (including phenoxy) is 1. The van der Waals surface area contributed by atoms with E-state index >= 15 is 0 Å². The second kappa shape index (κ2) is 8.90. The van der Waals surface area contributed by atoms with Crippen molar-refractivity contribution >= 4 is 21.6 Å². The third kappa shape index (κ3) is 5.16. The Kier molecular flexibility index (Phi) is 6.28. The quantitative estimate of drug-likeness (QED) is 0.560. The molecular formula is C24H30N4O5S. The van der Waals surface area contributed by atoms with Crippen molar-refractivity contribution in [3.05, 3.63) is 58.6 Å². The van der Waals surface area contributed by atoms with Crippen molar-refractivity contribution in [2.75, 3.05) is 16.8 Å². The van der Waals surface area contributed by atoms with E-state index in [1.54, 1.807) is 28.9 Å². The number of sulfone groups is 1. The molecule has 0 spiro atoms. The molecule has 0 aliphatic carbocycles. The Balaban J connectivity index is 1.54. The van der Waals surface area contributed by atoms with Crippen molar-refractivity contribution < 1.29 is 22.5 Å². The Hall–Kier alpha value is -3.14. The molecule has 1 amide bonds. The summed E-state index contributed by atoms with van der Waals surface area (Å²) in [5.74, 6) is 1.54. The molecule has 1 aromatic carbocycles. The van der Waals surface area contributed by atoms with Crippen LogP contribution in [-0.2, 0) is 21.9 Å². The van der Waals surface area contributed by atoms with Crippen LogP contribution in [0.15, 0.2) is 34.9 Å². The molecule has 9 nitrogen and oxygen atoms in total. The highest BCUT2D eigenvalue weighted by molar-refractivity contribution is 7.91. The number of nitrogens with zero attached hydrogens (tertiary/aromatic N) is 3. The molecule has 0 radical (unpaired) electrons. The topological polar surface area (TPSA) is 116 Å². The molecule has 1 N–H and O–H groups in total. The van der Waals surface area contributed by atoms with E-state index in [0.717, 1.165) is 17.0 Å². The minimum Gasteiger partial charge on any atom is -0.489 e. The number of hydrogen-bond donors (Lipinski definition) is 1. The maximum Gasteiger partial charge on any atom is 0.256 e. The summed E-state index contributed by atoms with van der Waals surface area (Å²) >= 11 is 0. The van der Waals surface area contributed by atoms with Gasteiger partial charge in [-0.1, -0.05) is 32.0 Å². The summed E-state index contributed by atoms with van der Waals surface area (Å²) < 4.78 is 36.8. The first-order valence-corrected chi connectivity index (χ1v) is 13.0. The standard InChI is InChI=1S/C24H30N4O5S/c1-15-20(16(2)33-27-15)13-32-19-8-6-7-17(11-19)23(29)25-22-12-21(24(3,4)5)26-28(22)18-9-10-34(30,31)14-18/h6-8,11-12,18H,9-10,13-14H2,1-5H3,(H,25,29)/t18-/m0/s1. The third-order valence-corrected chi connectivity index (χ3v) is 7.71. The number of nitrogens with one attached hydrogen (secondary N) is 1. The van der Waals surface area contributed by atoms with Crippen molar-refractivity contribution in [2.45, 2.75) is 59.1 Å². The molecule has 1 aliphatic rings. The summed E-state index contributed by atoms with van der Waals surface area (Å²) in [4.78, 5) is 13.1. The van der Waals surface area contributed by atoms with Crippen molar-refractivity contribution in [1.82, 2.24) is 14.9 Å². The van der Waals surface area contributed by atoms with Gasteiger partial charge >= 0.3 is 0 Å². The average Bonchev–Trinajstić information content (AvgIpc) is 3.43. The molecule has 3 heterocycles. The number of aryl methyl sites for hydroxylation is 2. The Labute approximate surface area is 199 Å². The summed E-state index contributed by atoms with van der Waals surface area (Å²) in [6.07, 6.45) is 0.474. The van der Waals surface area contributed by atoms with Crippen LogP contribution in [0.25, 0.3) is 0 Å². The molecule has 1 fully saturated rings. The molecule has 1 saturated heterocycles. The van der Waals surface area contributed by atoms with Gasteiger partial charge in [0.1, 0.15) is 23.9 Å². The Morgan fingerprint density at radius 2 is 2.03 bits per heavy atom. The van der Waals surface area contributed by atoms with Gasteiger partial charge in [-0.25, -0.2) is 13.1 Å². The van der Waals surface area contributed by atoms with Gasteiger partial charge in [-0.3, -0.25) is 4.79 Å². The highest BCUT2D eigenvalue weighted by Gasteiger charge is 2.33. The minimum atomic E-state index is -3.11. The Bertz CT molecular complexity index is 1300. The van der Waals surface area contributed by atoms with Crippen molar-refractivity contribution in [1.29, 1.82) is 0 Å². The van der Waals surface area contributed by atoms with Crippen LogP contribution in [0.3, 0.4) is 0 Å². The summed E-state index contributed by atoms with van der Waals surface area (Å²) in [7, 11) is -3.11. The lowest BCUT2D eigenvalue weighted by molar-refractivity contribution is 0.102. The number of rotatable bonds is 6. The summed E-state index contributed by atoms with van der Waals surface area (Å²) in [6.45, 7) is 10.0. The zero-order valence-electron chi connectivity index (χ0n) is 20.1. The van der Waals surface area contributed by atoms with Crippen LogP contribution in [0, 0.1) is 13.8 Å². The Morgan fingerprint density at radius 1 is 1.26 bits per heavy atom. The summed E-state index contributed by atoms with van der Waals surface area (Å²) in [5.41, 5.74) is 2.58. The number of anilines is 1. The number of carbonyl (C=O) groups is 1. The van der Waals surface area contributed by atoms with E-state index in [1.807, 2.05) is 40.7 Å². The highest BCUT2D eigenvalue weighted by atomic mass is 32.2. The van der Waals surface area contributed by atoms with E-state index in [9.17, 15) is 13.2 Å². The lowest BCUT2D eigenvalue weighted by Crippen LogP contribution is -2.20. The lowest BCUT2D eigenvalue weighted by atomic mass is 9.92. The van der Waals surface area contributed by atoms with Crippen LogP contribution in [0.1, 0.15) is 66.3 Å². The van der Waals surface area contributed by atoms with E-state index in [0.29, 0.717) is 29.3 Å². The molecule has 0 saturated carbocycles. The molecule has 2 aromatic heterocycles. The molecule has 0 unspecified atom stereocenters. The van der Waals surface area contributed by atoms with Crippen molar-refractivity contribution in [2.24, 2.45) is 0 Å². The fourth-order valence-electron chi connectivity index (χ4n) is 3.88. The van der Waals surface area contributed by atoms with Gasteiger partial charge in [0.15, 0.2) is 9.84 Å². The fraction of sp³-hybridized carbons (Fsp3) is 0.458. The fourth-order valence-corrected chi connectivity index (χ4v) is 5.57. The zero-order valence-corrected chi connectivity index (χ0v) is 20.9. The molecule has 1 aliphatic heterocycles. The lowest BCUT2D eigenvalue weighted by Gasteiger charge is -2.15. The second-order valence-electron chi connectivity index (χ2n) is 9.74. The van der Waals surface area contributed by atoms with Gasteiger partial charge in [-0.2, -0.15) is 5.10 Å². The predicted molar refractivity (Wildman–Crippen MR) is 128 cm³/mol. The molecule has 10 heteroatoms. The number of hydrogen-bond acceptors (Lipinski definition) is 7. The van der Waals surface area contributed by atoms with Crippen LogP contribution in [0.2, 0.25) is 0 Å². The number of amides is 1. The van der Waals surface area contributed by atoms with Gasteiger partial charge in [0, 0.05) is 17.0 Å². The van der Waals surface area contributed by atoms with Crippen LogP contribution in [-0.4, -0.2) is 40.8 Å². The van der Waals surface area contributed by atoms with Crippen molar-refractivity contribution in [3.63, 3.8) is 0 Å². The third-order valence-electron chi connectivity index (χ3n) is 5.96. The predicted octanol–water partition coefficient (Wildman–Crippen LogP) is 3.98. The number of benzene rings is 1. The van der Waals surface area contributed by atoms with Gasteiger partial charge < -0.3 is 14.6 Å². The van der Waals surface area contributed by atoms with Crippen LogP contribution >= 0.6 is 0 Å². The highest BCUT2D eigenvalue weighted by Crippen LogP contribution is 2.31. The smallest absolute Gasteiger partial charge is 0.256 e. The van der Waals surface area contributed by atoms with Crippen LogP contribution < -0.4 is 10.1 Å². The van der Waals surface area contributed by atoms with Gasteiger partial charge in [-0.15, -0.1) is 0 Å². The maximum absolute atomic E-state index is 13.1. The molecule has 34 heavy (non-hydrogen) atoms. The largest absolute Gasteiger partial charge is 0.489 e. The normalized spacial score (nSPS) is 17.6. The monoisotopic (exact) mass is 486 g/mol. The van der Waals surface area contributed by atoms with E-state index in [2.05, 4.69) is 15.6 Å². The zero-order chi connectivity index (χ0) is 24.7. The first-order valence-electron chi connectivity index (χ1n) is 11.2. The summed E-state index contributed by atoms with van der Waals surface area (Å²) in [6, 6.07) is 8.41.